The number of carbonyl (C=O) groups excluding carboxylic acids is 1. The van der Waals surface area contributed by atoms with Gasteiger partial charge in [-0.2, -0.15) is 0 Å². The molecule has 2 N–H and O–H groups in total. The molecule has 12 heteroatoms. The van der Waals surface area contributed by atoms with Gasteiger partial charge >= 0.3 is 0 Å². The molecule has 2 aromatic heterocycles. The normalized spacial score (nSPS) is 14.1. The number of H-pyrrole nitrogens is 1. The molecule has 3 aromatic carbocycles. The number of aryl methyl sites for hydroxylation is 1. The van der Waals surface area contributed by atoms with Gasteiger partial charge in [0.1, 0.15) is 5.75 Å². The fourth-order valence-electron chi connectivity index (χ4n) is 5.97. The fourth-order valence-corrected chi connectivity index (χ4v) is 7.90. The SMILES string of the molecule is CCOc1c2cn(-c3ccc(CS(=O)(=O)NC(=O)C4(c5c(Cl)cccc5Cl)CC4)cc3C)c(=O)c2c(OCC)c2ccc[nH]c12. The van der Waals surface area contributed by atoms with Crippen LogP contribution in [-0.4, -0.2) is 37.1 Å². The van der Waals surface area contributed by atoms with Gasteiger partial charge in [-0.25, -0.2) is 8.42 Å². The zero-order valence-electron chi connectivity index (χ0n) is 24.9. The van der Waals surface area contributed by atoms with Crippen molar-refractivity contribution in [1.29, 1.82) is 0 Å². The van der Waals surface area contributed by atoms with Crippen molar-refractivity contribution in [2.75, 3.05) is 13.2 Å². The van der Waals surface area contributed by atoms with Crippen molar-refractivity contribution in [2.24, 2.45) is 0 Å². The van der Waals surface area contributed by atoms with E-state index >= 15 is 0 Å². The Kier molecular flexibility index (Phi) is 8.09. The highest BCUT2D eigenvalue weighted by Crippen LogP contribution is 2.53. The Morgan fingerprint density at radius 3 is 2.33 bits per heavy atom. The first kappa shape index (κ1) is 31.0. The van der Waals surface area contributed by atoms with Gasteiger partial charge in [0.25, 0.3) is 5.56 Å². The standard InChI is InChI=1S/C33H31Cl2N3O6S/c1-4-43-29-21-8-7-15-36-28(21)30(44-5-2)22-17-38(31(39)26(22)29)25-12-11-20(16-19(25)3)18-45(41,42)37-32(40)33(13-14-33)27-23(34)9-6-10-24(27)35/h6-12,15-17,36H,4-5,13-14,18H2,1-3H3,(H,37,40). The number of fused-ring (bicyclic) bond motifs is 2. The monoisotopic (exact) mass is 667 g/mol. The van der Waals surface area contributed by atoms with E-state index < -0.39 is 27.1 Å². The van der Waals surface area contributed by atoms with Crippen LogP contribution >= 0.6 is 23.2 Å². The highest BCUT2D eigenvalue weighted by molar-refractivity contribution is 7.89. The molecule has 0 unspecified atom stereocenters. The molecule has 6 rings (SSSR count). The molecular weight excluding hydrogens is 637 g/mol. The lowest BCUT2D eigenvalue weighted by atomic mass is 9.95. The van der Waals surface area contributed by atoms with E-state index in [2.05, 4.69) is 9.71 Å². The lowest BCUT2D eigenvalue weighted by molar-refractivity contribution is -0.121. The van der Waals surface area contributed by atoms with Crippen molar-refractivity contribution in [2.45, 2.75) is 44.8 Å². The minimum absolute atomic E-state index is 0.288. The Morgan fingerprint density at radius 2 is 1.69 bits per heavy atom. The van der Waals surface area contributed by atoms with Crippen LogP contribution in [0, 0.1) is 6.92 Å². The van der Waals surface area contributed by atoms with Gasteiger partial charge in [-0.15, -0.1) is 0 Å². The second-order valence-electron chi connectivity index (χ2n) is 11.1. The molecule has 0 aliphatic heterocycles. The number of hydrogen-bond acceptors (Lipinski definition) is 6. The van der Waals surface area contributed by atoms with Crippen LogP contribution in [-0.2, 0) is 26.0 Å². The number of carbonyl (C=O) groups is 1. The zero-order chi connectivity index (χ0) is 32.1. The quantitative estimate of drug-likeness (QED) is 0.174. The molecule has 1 fully saturated rings. The Hall–Kier alpha value is -3.99. The Morgan fingerprint density at radius 1 is 1.00 bits per heavy atom. The summed E-state index contributed by atoms with van der Waals surface area (Å²) in [7, 11) is -4.07. The minimum Gasteiger partial charge on any atom is -0.492 e. The summed E-state index contributed by atoms with van der Waals surface area (Å²) in [6.07, 6.45) is 4.40. The maximum Gasteiger partial charge on any atom is 0.266 e. The second-order valence-corrected chi connectivity index (χ2v) is 13.6. The number of hydrogen-bond donors (Lipinski definition) is 2. The summed E-state index contributed by atoms with van der Waals surface area (Å²) in [6, 6.07) is 13.7. The maximum absolute atomic E-state index is 13.9. The van der Waals surface area contributed by atoms with Crippen LogP contribution in [0.2, 0.25) is 10.0 Å². The van der Waals surface area contributed by atoms with Crippen LogP contribution < -0.4 is 19.8 Å². The molecule has 5 aromatic rings. The van der Waals surface area contributed by atoms with Gasteiger partial charge in [-0.1, -0.05) is 41.4 Å². The Balaban J connectivity index is 1.33. The van der Waals surface area contributed by atoms with Crippen molar-refractivity contribution in [3.05, 3.63) is 98.0 Å². The highest BCUT2D eigenvalue weighted by atomic mass is 35.5. The number of aromatic amines is 1. The highest BCUT2D eigenvalue weighted by Gasteiger charge is 2.54. The Labute approximate surface area is 270 Å². The van der Waals surface area contributed by atoms with E-state index in [9.17, 15) is 18.0 Å². The molecule has 1 aliphatic rings. The molecule has 1 saturated carbocycles. The largest absolute Gasteiger partial charge is 0.492 e. The third kappa shape index (κ3) is 5.45. The van der Waals surface area contributed by atoms with Crippen LogP contribution in [0.3, 0.4) is 0 Å². The summed E-state index contributed by atoms with van der Waals surface area (Å²) >= 11 is 12.7. The van der Waals surface area contributed by atoms with E-state index in [4.69, 9.17) is 32.7 Å². The molecule has 0 bridgehead atoms. The number of nitrogens with one attached hydrogen (secondary N) is 2. The first-order valence-corrected chi connectivity index (χ1v) is 17.0. The molecular formula is C33H31Cl2N3O6S. The summed E-state index contributed by atoms with van der Waals surface area (Å²) in [5.41, 5.74) is 1.49. The molecule has 2 heterocycles. The lowest BCUT2D eigenvalue weighted by Crippen LogP contribution is -2.39. The van der Waals surface area contributed by atoms with Gasteiger partial charge < -0.3 is 14.5 Å². The number of ether oxygens (including phenoxy) is 2. The minimum atomic E-state index is -4.07. The average molecular weight is 669 g/mol. The van der Waals surface area contributed by atoms with Gasteiger partial charge in [0.15, 0.2) is 5.75 Å². The number of benzene rings is 3. The number of amides is 1. The molecule has 0 atom stereocenters. The van der Waals surface area contributed by atoms with Gasteiger partial charge in [0, 0.05) is 33.4 Å². The number of rotatable bonds is 10. The zero-order valence-corrected chi connectivity index (χ0v) is 27.2. The first-order valence-electron chi connectivity index (χ1n) is 14.5. The van der Waals surface area contributed by atoms with E-state index in [-0.39, 0.29) is 5.56 Å². The van der Waals surface area contributed by atoms with E-state index in [1.54, 1.807) is 55.7 Å². The Bertz CT molecular complexity index is 2130. The van der Waals surface area contributed by atoms with Crippen molar-refractivity contribution >= 4 is 60.8 Å². The van der Waals surface area contributed by atoms with E-state index in [0.717, 1.165) is 10.9 Å². The molecule has 9 nitrogen and oxygen atoms in total. The third-order valence-electron chi connectivity index (χ3n) is 8.09. The third-order valence-corrected chi connectivity index (χ3v) is 9.93. The number of pyridine rings is 1. The molecule has 0 spiro atoms. The summed E-state index contributed by atoms with van der Waals surface area (Å²) in [5.74, 6) is -0.0752. The number of halogens is 2. The lowest BCUT2D eigenvalue weighted by Gasteiger charge is -2.18. The molecule has 45 heavy (non-hydrogen) atoms. The van der Waals surface area contributed by atoms with E-state index in [1.165, 1.54) is 4.57 Å². The summed E-state index contributed by atoms with van der Waals surface area (Å²) < 4.78 is 42.1. The van der Waals surface area contributed by atoms with E-state index in [0.29, 0.717) is 80.7 Å². The van der Waals surface area contributed by atoms with Crippen molar-refractivity contribution in [1.82, 2.24) is 14.3 Å². The summed E-state index contributed by atoms with van der Waals surface area (Å²) in [4.78, 5) is 30.4. The van der Waals surface area contributed by atoms with Gasteiger partial charge in [-0.05, 0) is 75.1 Å². The van der Waals surface area contributed by atoms with Gasteiger partial charge in [0.05, 0.1) is 46.4 Å². The maximum atomic E-state index is 13.9. The predicted molar refractivity (Wildman–Crippen MR) is 177 cm³/mol. The fraction of sp³-hybridized carbons (Fsp3) is 0.273. The number of aromatic nitrogens is 2. The molecule has 0 radical (unpaired) electrons. The molecule has 1 amide bonds. The van der Waals surface area contributed by atoms with Crippen molar-refractivity contribution in [3.63, 3.8) is 0 Å². The molecule has 0 saturated heterocycles. The van der Waals surface area contributed by atoms with Crippen LogP contribution in [0.1, 0.15) is 43.4 Å². The predicted octanol–water partition coefficient (Wildman–Crippen LogP) is 6.56. The molecule has 234 valence electrons. The average Bonchev–Trinajstić information content (AvgIpc) is 3.72. The topological polar surface area (TPSA) is 119 Å². The van der Waals surface area contributed by atoms with Crippen molar-refractivity contribution in [3.8, 4) is 17.2 Å². The van der Waals surface area contributed by atoms with Crippen LogP contribution in [0.25, 0.3) is 27.4 Å². The summed E-state index contributed by atoms with van der Waals surface area (Å²) in [5, 5.41) is 2.37. The summed E-state index contributed by atoms with van der Waals surface area (Å²) in [6.45, 7) is 6.29. The number of nitrogens with zero attached hydrogens (tertiary/aromatic N) is 1. The number of sulfonamides is 1. The second kappa shape index (κ2) is 11.7. The van der Waals surface area contributed by atoms with Crippen LogP contribution in [0.15, 0.2) is 65.7 Å². The van der Waals surface area contributed by atoms with Crippen LogP contribution in [0.5, 0.6) is 11.5 Å². The molecule has 1 aliphatic carbocycles. The first-order chi connectivity index (χ1) is 21.5. The van der Waals surface area contributed by atoms with E-state index in [1.807, 2.05) is 26.0 Å². The van der Waals surface area contributed by atoms with Gasteiger partial charge in [0.2, 0.25) is 15.9 Å². The smallest absolute Gasteiger partial charge is 0.266 e. The van der Waals surface area contributed by atoms with Gasteiger partial charge in [-0.3, -0.25) is 18.9 Å². The van der Waals surface area contributed by atoms with Crippen molar-refractivity contribution < 1.29 is 22.7 Å². The van der Waals surface area contributed by atoms with Crippen LogP contribution in [0.4, 0.5) is 0 Å².